The SMILES string of the molecule is COc1ccc(C2=C(Cl)C(=O)N(c3ccc(C#N)cc3)C2=O)cc1. The highest BCUT2D eigenvalue weighted by atomic mass is 35.5. The molecule has 0 aliphatic carbocycles. The zero-order valence-corrected chi connectivity index (χ0v) is 13.4. The first-order valence-corrected chi connectivity index (χ1v) is 7.37. The zero-order valence-electron chi connectivity index (χ0n) is 12.6. The number of carbonyl (C=O) groups excluding carboxylic acids is 2. The van der Waals surface area contributed by atoms with Gasteiger partial charge in [0, 0.05) is 0 Å². The molecule has 0 bridgehead atoms. The molecule has 0 radical (unpaired) electrons. The summed E-state index contributed by atoms with van der Waals surface area (Å²) >= 11 is 6.12. The smallest absolute Gasteiger partial charge is 0.277 e. The van der Waals surface area contributed by atoms with Gasteiger partial charge in [0.25, 0.3) is 11.8 Å². The lowest BCUT2D eigenvalue weighted by Gasteiger charge is -2.14. The van der Waals surface area contributed by atoms with Gasteiger partial charge in [-0.15, -0.1) is 0 Å². The van der Waals surface area contributed by atoms with Gasteiger partial charge in [0.05, 0.1) is 30.0 Å². The number of hydrogen-bond acceptors (Lipinski definition) is 4. The number of hydrogen-bond donors (Lipinski definition) is 0. The van der Waals surface area contributed by atoms with E-state index in [4.69, 9.17) is 21.6 Å². The molecule has 0 saturated carbocycles. The predicted octanol–water partition coefficient (Wildman–Crippen LogP) is 3.09. The molecule has 0 unspecified atom stereocenters. The van der Waals surface area contributed by atoms with Crippen molar-refractivity contribution < 1.29 is 14.3 Å². The molecule has 0 N–H and O–H groups in total. The highest BCUT2D eigenvalue weighted by Crippen LogP contribution is 2.35. The van der Waals surface area contributed by atoms with Crippen molar-refractivity contribution >= 4 is 34.7 Å². The molecule has 0 fully saturated rings. The van der Waals surface area contributed by atoms with Crippen molar-refractivity contribution in [2.24, 2.45) is 0 Å². The van der Waals surface area contributed by atoms with E-state index in [0.717, 1.165) is 4.90 Å². The largest absolute Gasteiger partial charge is 0.497 e. The third-order valence-corrected chi connectivity index (χ3v) is 4.01. The lowest BCUT2D eigenvalue weighted by molar-refractivity contribution is -0.119. The zero-order chi connectivity index (χ0) is 17.3. The number of carbonyl (C=O) groups is 2. The number of halogens is 1. The van der Waals surface area contributed by atoms with Crippen LogP contribution in [0.1, 0.15) is 11.1 Å². The summed E-state index contributed by atoms with van der Waals surface area (Å²) in [6, 6.07) is 14.9. The topological polar surface area (TPSA) is 70.4 Å². The molecule has 0 spiro atoms. The standard InChI is InChI=1S/C18H11ClN2O3/c1-24-14-8-4-12(5-9-14)15-16(19)18(23)21(17(15)22)13-6-2-11(10-20)3-7-13/h2-9H,1H3. The van der Waals surface area contributed by atoms with Gasteiger partial charge in [-0.3, -0.25) is 9.59 Å². The first-order valence-electron chi connectivity index (χ1n) is 7.00. The summed E-state index contributed by atoms with van der Waals surface area (Å²) in [6.45, 7) is 0. The third kappa shape index (κ3) is 2.53. The Balaban J connectivity index is 1.98. The molecule has 3 rings (SSSR count). The predicted molar refractivity (Wildman–Crippen MR) is 89.4 cm³/mol. The summed E-state index contributed by atoms with van der Waals surface area (Å²) in [5.74, 6) is -0.451. The van der Waals surface area contributed by atoms with Crippen molar-refractivity contribution in [1.82, 2.24) is 0 Å². The van der Waals surface area contributed by atoms with Crippen LogP contribution in [0.5, 0.6) is 5.75 Å². The van der Waals surface area contributed by atoms with Gasteiger partial charge in [0.1, 0.15) is 10.8 Å². The summed E-state index contributed by atoms with van der Waals surface area (Å²) in [7, 11) is 1.54. The maximum absolute atomic E-state index is 12.7. The van der Waals surface area contributed by atoms with Gasteiger partial charge in [-0.05, 0) is 42.0 Å². The molecule has 2 aromatic rings. The van der Waals surface area contributed by atoms with E-state index < -0.39 is 11.8 Å². The Hall–Kier alpha value is -3.10. The molecule has 2 amide bonds. The average molecular weight is 339 g/mol. The van der Waals surface area contributed by atoms with E-state index in [9.17, 15) is 9.59 Å². The molecule has 2 aromatic carbocycles. The minimum absolute atomic E-state index is 0.130. The third-order valence-electron chi connectivity index (χ3n) is 3.66. The monoisotopic (exact) mass is 338 g/mol. The quantitative estimate of drug-likeness (QED) is 0.806. The second-order valence-corrected chi connectivity index (χ2v) is 5.40. The van der Waals surface area contributed by atoms with Crippen LogP contribution in [0.15, 0.2) is 53.6 Å². The average Bonchev–Trinajstić information content (AvgIpc) is 2.84. The van der Waals surface area contributed by atoms with Gasteiger partial charge in [0.2, 0.25) is 0 Å². The highest BCUT2D eigenvalue weighted by Gasteiger charge is 2.39. The van der Waals surface area contributed by atoms with Crippen LogP contribution in [-0.2, 0) is 9.59 Å². The Morgan fingerprint density at radius 1 is 1.00 bits per heavy atom. The van der Waals surface area contributed by atoms with Crippen molar-refractivity contribution in [2.75, 3.05) is 12.0 Å². The van der Waals surface area contributed by atoms with Crippen LogP contribution in [-0.4, -0.2) is 18.9 Å². The molecule has 118 valence electrons. The Morgan fingerprint density at radius 2 is 1.62 bits per heavy atom. The van der Waals surface area contributed by atoms with Crippen LogP contribution in [0.3, 0.4) is 0 Å². The van der Waals surface area contributed by atoms with E-state index in [1.807, 2.05) is 6.07 Å². The van der Waals surface area contributed by atoms with Gasteiger partial charge in [-0.25, -0.2) is 4.90 Å². The molecule has 1 aliphatic heterocycles. The molecule has 5 nitrogen and oxygen atoms in total. The molecule has 1 aliphatic rings. The summed E-state index contributed by atoms with van der Waals surface area (Å²) in [5, 5.41) is 8.71. The Kier molecular flexibility index (Phi) is 4.07. The normalized spacial score (nSPS) is 14.1. The summed E-state index contributed by atoms with van der Waals surface area (Å²) in [5.41, 5.74) is 1.49. The van der Waals surface area contributed by atoms with Gasteiger partial charge >= 0.3 is 0 Å². The first-order chi connectivity index (χ1) is 11.6. The van der Waals surface area contributed by atoms with Crippen molar-refractivity contribution in [2.45, 2.75) is 0 Å². The molecular weight excluding hydrogens is 328 g/mol. The van der Waals surface area contributed by atoms with Crippen LogP contribution >= 0.6 is 11.6 Å². The number of ether oxygens (including phenoxy) is 1. The minimum atomic E-state index is -0.586. The number of nitrogens with zero attached hydrogens (tertiary/aromatic N) is 2. The van der Waals surface area contributed by atoms with Crippen molar-refractivity contribution in [1.29, 1.82) is 5.26 Å². The van der Waals surface area contributed by atoms with Gasteiger partial charge in [-0.2, -0.15) is 5.26 Å². The molecule has 1 heterocycles. The van der Waals surface area contributed by atoms with E-state index in [0.29, 0.717) is 22.6 Å². The van der Waals surface area contributed by atoms with Crippen molar-refractivity contribution in [3.8, 4) is 11.8 Å². The van der Waals surface area contributed by atoms with Crippen LogP contribution in [0, 0.1) is 11.3 Å². The fraction of sp³-hybridized carbons (Fsp3) is 0.0556. The molecular formula is C18H11ClN2O3. The number of rotatable bonds is 3. The fourth-order valence-corrected chi connectivity index (χ4v) is 2.70. The number of methoxy groups -OCH3 is 1. The van der Waals surface area contributed by atoms with Crippen LogP contribution in [0.4, 0.5) is 5.69 Å². The summed E-state index contributed by atoms with van der Waals surface area (Å²) in [4.78, 5) is 26.1. The van der Waals surface area contributed by atoms with E-state index in [1.54, 1.807) is 24.3 Å². The lowest BCUT2D eigenvalue weighted by Crippen LogP contribution is -2.31. The van der Waals surface area contributed by atoms with E-state index in [1.165, 1.54) is 31.4 Å². The molecule has 0 saturated heterocycles. The Morgan fingerprint density at radius 3 is 2.17 bits per heavy atom. The maximum atomic E-state index is 12.7. The Labute approximate surface area is 143 Å². The lowest BCUT2D eigenvalue weighted by atomic mass is 10.1. The minimum Gasteiger partial charge on any atom is -0.497 e. The van der Waals surface area contributed by atoms with E-state index in [-0.39, 0.29) is 10.6 Å². The molecule has 0 aromatic heterocycles. The summed E-state index contributed by atoms with van der Waals surface area (Å²) < 4.78 is 5.08. The molecule has 6 heteroatoms. The van der Waals surface area contributed by atoms with Crippen LogP contribution in [0.2, 0.25) is 0 Å². The second-order valence-electron chi connectivity index (χ2n) is 5.02. The van der Waals surface area contributed by atoms with Gasteiger partial charge in [0.15, 0.2) is 0 Å². The van der Waals surface area contributed by atoms with Gasteiger partial charge in [-0.1, -0.05) is 23.7 Å². The van der Waals surface area contributed by atoms with Crippen molar-refractivity contribution in [3.05, 3.63) is 64.7 Å². The second kappa shape index (κ2) is 6.19. The van der Waals surface area contributed by atoms with Gasteiger partial charge < -0.3 is 4.74 Å². The number of benzene rings is 2. The number of anilines is 1. The highest BCUT2D eigenvalue weighted by molar-refractivity contribution is 6.60. The molecule has 0 atom stereocenters. The number of imide groups is 1. The maximum Gasteiger partial charge on any atom is 0.277 e. The van der Waals surface area contributed by atoms with Crippen LogP contribution < -0.4 is 9.64 Å². The fourth-order valence-electron chi connectivity index (χ4n) is 2.43. The van der Waals surface area contributed by atoms with E-state index in [2.05, 4.69) is 0 Å². The molecule has 24 heavy (non-hydrogen) atoms. The summed E-state index contributed by atoms with van der Waals surface area (Å²) in [6.07, 6.45) is 0. The van der Waals surface area contributed by atoms with E-state index >= 15 is 0 Å². The number of amides is 2. The number of nitriles is 1. The van der Waals surface area contributed by atoms with Crippen molar-refractivity contribution in [3.63, 3.8) is 0 Å². The van der Waals surface area contributed by atoms with Crippen LogP contribution in [0.25, 0.3) is 5.57 Å². The Bertz CT molecular complexity index is 893. The first kappa shape index (κ1) is 15.8.